The molecule has 10 heteroatoms. The Morgan fingerprint density at radius 2 is 1.97 bits per heavy atom. The Morgan fingerprint density at radius 3 is 2.61 bits per heavy atom. The summed E-state index contributed by atoms with van der Waals surface area (Å²) in [6.07, 6.45) is 2.66. The van der Waals surface area contributed by atoms with Crippen LogP contribution in [0, 0.1) is 0 Å². The molecule has 1 atom stereocenters. The minimum Gasteiger partial charge on any atom is -0.332 e. The maximum atomic E-state index is 13.8. The molecule has 31 heavy (non-hydrogen) atoms. The minimum atomic E-state index is -4.58. The first-order valence-electron chi connectivity index (χ1n) is 10.3. The average Bonchev–Trinajstić information content (AvgIpc) is 3.34. The molecule has 4 rings (SSSR count). The average molecular weight is 434 g/mol. The van der Waals surface area contributed by atoms with Gasteiger partial charge in [-0.2, -0.15) is 18.3 Å². The molecule has 7 nitrogen and oxygen atoms in total. The van der Waals surface area contributed by atoms with Crippen molar-refractivity contribution in [2.45, 2.75) is 64.2 Å². The zero-order chi connectivity index (χ0) is 22.4. The van der Waals surface area contributed by atoms with Crippen molar-refractivity contribution in [3.05, 3.63) is 47.9 Å². The highest BCUT2D eigenvalue weighted by molar-refractivity contribution is 5.76. The highest BCUT2D eigenvalue weighted by Gasteiger charge is 2.37. The molecule has 0 N–H and O–H groups in total. The number of imidazole rings is 1. The van der Waals surface area contributed by atoms with Crippen molar-refractivity contribution in [1.29, 1.82) is 0 Å². The van der Waals surface area contributed by atoms with E-state index in [9.17, 15) is 18.0 Å². The van der Waals surface area contributed by atoms with Crippen molar-refractivity contribution in [2.75, 3.05) is 6.54 Å². The lowest BCUT2D eigenvalue weighted by atomic mass is 9.91. The van der Waals surface area contributed by atoms with Gasteiger partial charge in [0.15, 0.2) is 5.65 Å². The molecule has 1 amide bonds. The number of amides is 1. The van der Waals surface area contributed by atoms with Crippen LogP contribution in [0.1, 0.15) is 63.2 Å². The molecule has 0 radical (unpaired) electrons. The zero-order valence-electron chi connectivity index (χ0n) is 17.7. The number of hydrogen-bond acceptors (Lipinski definition) is 4. The Kier molecular flexibility index (Phi) is 5.26. The number of fused-ring (bicyclic) bond motifs is 1. The maximum Gasteiger partial charge on any atom is 0.433 e. The van der Waals surface area contributed by atoms with E-state index in [1.54, 1.807) is 34.3 Å². The quantitative estimate of drug-likeness (QED) is 0.625. The lowest BCUT2D eigenvalue weighted by Crippen LogP contribution is -2.40. The number of halogens is 3. The molecule has 0 aromatic carbocycles. The van der Waals surface area contributed by atoms with Crippen LogP contribution in [0.2, 0.25) is 0 Å². The number of alkyl halides is 3. The van der Waals surface area contributed by atoms with Gasteiger partial charge in [0.05, 0.1) is 23.8 Å². The van der Waals surface area contributed by atoms with Crippen molar-refractivity contribution >= 4 is 11.6 Å². The van der Waals surface area contributed by atoms with Gasteiger partial charge in [-0.3, -0.25) is 4.79 Å². The van der Waals surface area contributed by atoms with E-state index in [0.29, 0.717) is 24.4 Å². The van der Waals surface area contributed by atoms with Crippen LogP contribution in [0.5, 0.6) is 0 Å². The molecule has 1 fully saturated rings. The van der Waals surface area contributed by atoms with E-state index >= 15 is 0 Å². The molecule has 0 aliphatic carbocycles. The first kappa shape index (κ1) is 21.3. The summed E-state index contributed by atoms with van der Waals surface area (Å²) in [6, 6.07) is 2.26. The summed E-state index contributed by atoms with van der Waals surface area (Å²) in [5.41, 5.74) is -0.495. The van der Waals surface area contributed by atoms with E-state index in [0.717, 1.165) is 23.4 Å². The summed E-state index contributed by atoms with van der Waals surface area (Å²) in [7, 11) is 0. The molecule has 166 valence electrons. The van der Waals surface area contributed by atoms with Crippen molar-refractivity contribution in [3.8, 4) is 0 Å². The van der Waals surface area contributed by atoms with Crippen LogP contribution >= 0.6 is 0 Å². The fourth-order valence-electron chi connectivity index (χ4n) is 3.91. The Balaban J connectivity index is 1.74. The lowest BCUT2D eigenvalue weighted by molar-refractivity contribution is -0.143. The van der Waals surface area contributed by atoms with Crippen LogP contribution in [0.15, 0.2) is 30.9 Å². The number of carbonyl (C=O) groups is 1. The number of rotatable bonds is 3. The van der Waals surface area contributed by atoms with Gasteiger partial charge in [-0.15, -0.1) is 0 Å². The molecule has 0 spiro atoms. The summed E-state index contributed by atoms with van der Waals surface area (Å²) in [5.74, 6) is -0.112. The summed E-state index contributed by atoms with van der Waals surface area (Å²) >= 11 is 0. The normalized spacial score (nSPS) is 18.0. The molecule has 4 heterocycles. The third-order valence-electron chi connectivity index (χ3n) is 5.55. The smallest absolute Gasteiger partial charge is 0.332 e. The number of carbonyl (C=O) groups excluding carboxylic acids is 1. The number of likely N-dealkylation sites (tertiary alicyclic amines) is 1. The van der Waals surface area contributed by atoms with E-state index in [1.165, 1.54) is 0 Å². The SMILES string of the molecule is CC(C)(C)c1cc(C(F)(F)F)n2nc([C@@H]3CCCCN3C(=O)Cn3ccnc3)cc2n1. The second kappa shape index (κ2) is 7.65. The van der Waals surface area contributed by atoms with Crippen LogP contribution in [-0.2, 0) is 22.9 Å². The maximum absolute atomic E-state index is 13.8. The van der Waals surface area contributed by atoms with Gasteiger partial charge in [0.1, 0.15) is 12.2 Å². The predicted octanol–water partition coefficient (Wildman–Crippen LogP) is 4.00. The fourth-order valence-corrected chi connectivity index (χ4v) is 3.91. The Labute approximate surface area is 177 Å². The molecule has 1 aliphatic heterocycles. The third kappa shape index (κ3) is 4.28. The molecule has 3 aromatic heterocycles. The monoisotopic (exact) mass is 434 g/mol. The highest BCUT2D eigenvalue weighted by atomic mass is 19.4. The van der Waals surface area contributed by atoms with Gasteiger partial charge in [0.25, 0.3) is 0 Å². The van der Waals surface area contributed by atoms with Gasteiger partial charge < -0.3 is 9.47 Å². The number of piperidine rings is 1. The van der Waals surface area contributed by atoms with Gasteiger partial charge in [-0.25, -0.2) is 14.5 Å². The molecule has 1 aliphatic rings. The first-order chi connectivity index (χ1) is 14.5. The van der Waals surface area contributed by atoms with Gasteiger partial charge in [-0.05, 0) is 25.3 Å². The summed E-state index contributed by atoms with van der Waals surface area (Å²) in [5, 5.41) is 4.28. The van der Waals surface area contributed by atoms with Crippen LogP contribution in [0.4, 0.5) is 13.2 Å². The largest absolute Gasteiger partial charge is 0.433 e. The molecule has 3 aromatic rings. The first-order valence-corrected chi connectivity index (χ1v) is 10.3. The van der Waals surface area contributed by atoms with Crippen molar-refractivity contribution in [2.24, 2.45) is 0 Å². The molecule has 0 unspecified atom stereocenters. The summed E-state index contributed by atoms with van der Waals surface area (Å²) in [6.45, 7) is 6.13. The molecule has 0 saturated carbocycles. The standard InChI is InChI=1S/C21H25F3N6O/c1-20(2,3)16-11-17(21(22,23)24)30-18(26-16)10-14(27-30)15-6-4-5-8-29(15)19(31)12-28-9-7-25-13-28/h7,9-11,13,15H,4-6,8,12H2,1-3H3/t15-/m0/s1. The molecule has 1 saturated heterocycles. The van der Waals surface area contributed by atoms with Crippen LogP contribution in [0.25, 0.3) is 5.65 Å². The lowest BCUT2D eigenvalue weighted by Gasteiger charge is -2.34. The van der Waals surface area contributed by atoms with Gasteiger partial charge in [-0.1, -0.05) is 20.8 Å². The van der Waals surface area contributed by atoms with Crippen molar-refractivity contribution in [1.82, 2.24) is 29.0 Å². The third-order valence-corrected chi connectivity index (χ3v) is 5.55. The van der Waals surface area contributed by atoms with E-state index < -0.39 is 17.3 Å². The number of hydrogen-bond donors (Lipinski definition) is 0. The van der Waals surface area contributed by atoms with Crippen LogP contribution in [-0.4, -0.2) is 41.5 Å². The zero-order valence-corrected chi connectivity index (χ0v) is 17.7. The fraction of sp³-hybridized carbons (Fsp3) is 0.524. The Hall–Kier alpha value is -2.91. The topological polar surface area (TPSA) is 68.3 Å². The van der Waals surface area contributed by atoms with Gasteiger partial charge >= 0.3 is 6.18 Å². The molecular weight excluding hydrogens is 409 g/mol. The Morgan fingerprint density at radius 1 is 1.19 bits per heavy atom. The highest BCUT2D eigenvalue weighted by Crippen LogP contribution is 2.35. The second-order valence-corrected chi connectivity index (χ2v) is 8.95. The Bertz CT molecular complexity index is 1080. The molecule has 0 bridgehead atoms. The van der Waals surface area contributed by atoms with Crippen molar-refractivity contribution in [3.63, 3.8) is 0 Å². The number of nitrogens with zero attached hydrogens (tertiary/aromatic N) is 6. The van der Waals surface area contributed by atoms with Crippen LogP contribution < -0.4 is 0 Å². The van der Waals surface area contributed by atoms with Crippen LogP contribution in [0.3, 0.4) is 0 Å². The minimum absolute atomic E-state index is 0.112. The van der Waals surface area contributed by atoms with Crippen molar-refractivity contribution < 1.29 is 18.0 Å². The van der Waals surface area contributed by atoms with E-state index in [4.69, 9.17) is 0 Å². The summed E-state index contributed by atoms with van der Waals surface area (Å²) < 4.78 is 43.9. The van der Waals surface area contributed by atoms with E-state index in [-0.39, 0.29) is 24.1 Å². The predicted molar refractivity (Wildman–Crippen MR) is 107 cm³/mol. The molecular formula is C21H25F3N6O. The van der Waals surface area contributed by atoms with E-state index in [1.807, 2.05) is 20.8 Å². The number of aromatic nitrogens is 5. The van der Waals surface area contributed by atoms with Gasteiger partial charge in [0, 0.05) is 30.4 Å². The van der Waals surface area contributed by atoms with Gasteiger partial charge in [0.2, 0.25) is 5.91 Å². The van der Waals surface area contributed by atoms with E-state index in [2.05, 4.69) is 15.1 Å². The second-order valence-electron chi connectivity index (χ2n) is 8.95. The summed E-state index contributed by atoms with van der Waals surface area (Å²) in [4.78, 5) is 23.0.